The van der Waals surface area contributed by atoms with Gasteiger partial charge in [0.25, 0.3) is 0 Å². The molecule has 1 aliphatic rings. The van der Waals surface area contributed by atoms with Crippen LogP contribution in [-0.2, 0) is 9.53 Å². The van der Waals surface area contributed by atoms with E-state index in [1.807, 2.05) is 42.5 Å². The molecule has 0 aromatic heterocycles. The number of aryl methyl sites for hydroxylation is 1. The highest BCUT2D eigenvalue weighted by Crippen LogP contribution is 2.30. The van der Waals surface area contributed by atoms with Gasteiger partial charge >= 0.3 is 5.97 Å². The van der Waals surface area contributed by atoms with Crippen molar-refractivity contribution in [2.24, 2.45) is 0 Å². The van der Waals surface area contributed by atoms with Crippen LogP contribution >= 0.6 is 0 Å². The lowest BCUT2D eigenvalue weighted by molar-refractivity contribution is -0.130. The third-order valence-electron chi connectivity index (χ3n) is 4.42. The largest absolute Gasteiger partial charge is 0.497 e. The lowest BCUT2D eigenvalue weighted by Gasteiger charge is -2.05. The van der Waals surface area contributed by atoms with Gasteiger partial charge in [-0.15, -0.1) is 0 Å². The molecule has 3 aromatic carbocycles. The normalized spacial score (nSPS) is 15.2. The first-order chi connectivity index (χ1) is 12.6. The van der Waals surface area contributed by atoms with E-state index >= 15 is 0 Å². The molecule has 1 aliphatic heterocycles. The Morgan fingerprint density at radius 1 is 0.962 bits per heavy atom. The summed E-state index contributed by atoms with van der Waals surface area (Å²) < 4.78 is 10.7. The van der Waals surface area contributed by atoms with Gasteiger partial charge in [-0.2, -0.15) is 0 Å². The zero-order valence-corrected chi connectivity index (χ0v) is 14.7. The van der Waals surface area contributed by atoms with E-state index in [0.29, 0.717) is 11.3 Å². The van der Waals surface area contributed by atoms with Gasteiger partial charge in [-0.25, -0.2) is 4.79 Å². The van der Waals surface area contributed by atoms with Crippen molar-refractivity contribution in [1.29, 1.82) is 0 Å². The van der Waals surface area contributed by atoms with Gasteiger partial charge in [0.1, 0.15) is 11.5 Å². The molecule has 0 saturated carbocycles. The van der Waals surface area contributed by atoms with E-state index in [-0.39, 0.29) is 5.97 Å². The molecule has 0 N–H and O–H groups in total. The summed E-state index contributed by atoms with van der Waals surface area (Å²) in [5.74, 6) is 0.984. The Morgan fingerprint density at radius 2 is 1.77 bits per heavy atom. The quantitative estimate of drug-likeness (QED) is 0.488. The second-order valence-corrected chi connectivity index (χ2v) is 6.34. The highest BCUT2D eigenvalue weighted by molar-refractivity contribution is 6.05. The predicted molar refractivity (Wildman–Crippen MR) is 104 cm³/mol. The Morgan fingerprint density at radius 3 is 2.62 bits per heavy atom. The zero-order chi connectivity index (χ0) is 18.1. The van der Waals surface area contributed by atoms with Crippen LogP contribution in [-0.4, -0.2) is 13.1 Å². The van der Waals surface area contributed by atoms with Gasteiger partial charge in [-0.1, -0.05) is 48.0 Å². The van der Waals surface area contributed by atoms with Crippen molar-refractivity contribution in [3.63, 3.8) is 0 Å². The number of cyclic esters (lactones) is 1. The second kappa shape index (κ2) is 6.52. The Bertz CT molecular complexity index is 1070. The van der Waals surface area contributed by atoms with E-state index in [2.05, 4.69) is 31.2 Å². The number of carbonyl (C=O) groups is 1. The standard InChI is InChI=1S/C23H18O3/c1-15-6-7-18-13-19(9-8-17(18)10-15)22-14-20(23(24)26-22)11-16-4-3-5-21(12-16)25-2/h3-14H,1-2H3/b20-11-. The maximum atomic E-state index is 12.3. The van der Waals surface area contributed by atoms with Gasteiger partial charge in [-0.3, -0.25) is 0 Å². The molecule has 26 heavy (non-hydrogen) atoms. The molecule has 0 unspecified atom stereocenters. The predicted octanol–water partition coefficient (Wildman–Crippen LogP) is 5.14. The second-order valence-electron chi connectivity index (χ2n) is 6.34. The van der Waals surface area contributed by atoms with Crippen molar-refractivity contribution in [3.05, 3.63) is 89.0 Å². The minimum Gasteiger partial charge on any atom is -0.497 e. The van der Waals surface area contributed by atoms with Crippen molar-refractivity contribution in [2.75, 3.05) is 7.11 Å². The Kier molecular flexibility index (Phi) is 4.05. The third-order valence-corrected chi connectivity index (χ3v) is 4.42. The number of carbonyl (C=O) groups excluding carboxylic acids is 1. The van der Waals surface area contributed by atoms with E-state index in [4.69, 9.17) is 9.47 Å². The molecule has 3 aromatic rings. The van der Waals surface area contributed by atoms with Crippen LogP contribution in [0.5, 0.6) is 5.75 Å². The zero-order valence-electron chi connectivity index (χ0n) is 14.7. The topological polar surface area (TPSA) is 35.5 Å². The summed E-state index contributed by atoms with van der Waals surface area (Å²) in [6.07, 6.45) is 3.60. The summed E-state index contributed by atoms with van der Waals surface area (Å²) >= 11 is 0. The van der Waals surface area contributed by atoms with Crippen molar-refractivity contribution in [3.8, 4) is 5.75 Å². The molecule has 0 atom stereocenters. The fourth-order valence-electron chi connectivity index (χ4n) is 3.06. The van der Waals surface area contributed by atoms with Crippen LogP contribution in [0.25, 0.3) is 22.6 Å². The van der Waals surface area contributed by atoms with E-state index < -0.39 is 0 Å². The molecule has 1 heterocycles. The molecule has 0 fully saturated rings. The highest BCUT2D eigenvalue weighted by atomic mass is 16.5. The number of ether oxygens (including phenoxy) is 2. The molecule has 0 amide bonds. The molecule has 128 valence electrons. The summed E-state index contributed by atoms with van der Waals surface area (Å²) in [5.41, 5.74) is 3.53. The number of esters is 1. The van der Waals surface area contributed by atoms with E-state index in [1.165, 1.54) is 10.9 Å². The summed E-state index contributed by atoms with van der Waals surface area (Å²) in [5, 5.41) is 2.29. The van der Waals surface area contributed by atoms with Crippen LogP contribution in [0.1, 0.15) is 16.7 Å². The number of rotatable bonds is 3. The van der Waals surface area contributed by atoms with Crippen LogP contribution in [0, 0.1) is 6.92 Å². The SMILES string of the molecule is COc1cccc(/C=C2/C=C(c3ccc4cc(C)ccc4c3)OC2=O)c1. The van der Waals surface area contributed by atoms with E-state index in [0.717, 1.165) is 22.3 Å². The average molecular weight is 342 g/mol. The summed E-state index contributed by atoms with van der Waals surface area (Å²) in [6, 6.07) is 19.9. The van der Waals surface area contributed by atoms with E-state index in [1.54, 1.807) is 13.2 Å². The number of benzene rings is 3. The molecule has 3 heteroatoms. The summed E-state index contributed by atoms with van der Waals surface area (Å²) in [7, 11) is 1.62. The number of methoxy groups -OCH3 is 1. The monoisotopic (exact) mass is 342 g/mol. The summed E-state index contributed by atoms with van der Waals surface area (Å²) in [6.45, 7) is 2.07. The van der Waals surface area contributed by atoms with Crippen molar-refractivity contribution >= 4 is 28.6 Å². The number of hydrogen-bond donors (Lipinski definition) is 0. The van der Waals surface area contributed by atoms with Crippen molar-refractivity contribution in [1.82, 2.24) is 0 Å². The fourth-order valence-corrected chi connectivity index (χ4v) is 3.06. The minimum atomic E-state index is -0.341. The first-order valence-electron chi connectivity index (χ1n) is 8.43. The van der Waals surface area contributed by atoms with Gasteiger partial charge < -0.3 is 9.47 Å². The van der Waals surface area contributed by atoms with Gasteiger partial charge in [0, 0.05) is 5.56 Å². The minimum absolute atomic E-state index is 0.341. The van der Waals surface area contributed by atoms with Crippen LogP contribution in [0.15, 0.2) is 72.3 Å². The maximum Gasteiger partial charge on any atom is 0.343 e. The maximum absolute atomic E-state index is 12.3. The Hall–Kier alpha value is -3.33. The molecule has 0 bridgehead atoms. The Balaban J connectivity index is 1.69. The highest BCUT2D eigenvalue weighted by Gasteiger charge is 2.22. The van der Waals surface area contributed by atoms with E-state index in [9.17, 15) is 4.79 Å². The Labute approximate surface area is 152 Å². The number of hydrogen-bond acceptors (Lipinski definition) is 3. The molecule has 0 aliphatic carbocycles. The van der Waals surface area contributed by atoms with Gasteiger partial charge in [-0.05, 0) is 53.6 Å². The number of fused-ring (bicyclic) bond motifs is 1. The molecule has 0 radical (unpaired) electrons. The molecule has 3 nitrogen and oxygen atoms in total. The molecule has 0 spiro atoms. The fraction of sp³-hybridized carbons (Fsp3) is 0.0870. The smallest absolute Gasteiger partial charge is 0.343 e. The van der Waals surface area contributed by atoms with Gasteiger partial charge in [0.15, 0.2) is 0 Å². The van der Waals surface area contributed by atoms with Crippen LogP contribution in [0.4, 0.5) is 0 Å². The first-order valence-corrected chi connectivity index (χ1v) is 8.43. The summed E-state index contributed by atoms with van der Waals surface area (Å²) in [4.78, 5) is 12.3. The first kappa shape index (κ1) is 16.2. The van der Waals surface area contributed by atoms with Crippen LogP contribution in [0.2, 0.25) is 0 Å². The molecular weight excluding hydrogens is 324 g/mol. The average Bonchev–Trinajstić information content (AvgIpc) is 3.02. The molecule has 0 saturated heterocycles. The van der Waals surface area contributed by atoms with Gasteiger partial charge in [0.05, 0.1) is 12.7 Å². The van der Waals surface area contributed by atoms with Crippen molar-refractivity contribution in [2.45, 2.75) is 6.92 Å². The third kappa shape index (κ3) is 3.11. The molecule has 4 rings (SSSR count). The van der Waals surface area contributed by atoms with Gasteiger partial charge in [0.2, 0.25) is 0 Å². The van der Waals surface area contributed by atoms with Crippen molar-refractivity contribution < 1.29 is 14.3 Å². The van der Waals surface area contributed by atoms with Crippen LogP contribution in [0.3, 0.4) is 0 Å². The van der Waals surface area contributed by atoms with Crippen LogP contribution < -0.4 is 4.74 Å². The lowest BCUT2D eigenvalue weighted by Crippen LogP contribution is -1.97. The molecular formula is C23H18O3. The lowest BCUT2D eigenvalue weighted by atomic mass is 10.0.